The summed E-state index contributed by atoms with van der Waals surface area (Å²) in [5, 5.41) is 2.91. The number of benzene rings is 1. The predicted octanol–water partition coefficient (Wildman–Crippen LogP) is 2.27. The molecule has 1 N–H and O–H groups in total. The van der Waals surface area contributed by atoms with Crippen LogP contribution in [0, 0.1) is 0 Å². The molecule has 0 fully saturated rings. The molecule has 1 atom stereocenters. The molecule has 1 rings (SSSR count). The van der Waals surface area contributed by atoms with Crippen LogP contribution in [0.5, 0.6) is 0 Å². The van der Waals surface area contributed by atoms with Crippen LogP contribution in [0.25, 0.3) is 0 Å². The number of nitrogens with one attached hydrogen (secondary N) is 1. The van der Waals surface area contributed by atoms with E-state index in [0.717, 1.165) is 5.56 Å². The highest BCUT2D eigenvalue weighted by atomic mass is 16.1. The van der Waals surface area contributed by atoms with Crippen LogP contribution in [0.1, 0.15) is 31.9 Å². The second-order valence-corrected chi connectivity index (χ2v) is 3.05. The van der Waals surface area contributed by atoms with Crippen molar-refractivity contribution in [3.63, 3.8) is 0 Å². The molecule has 0 saturated carbocycles. The van der Waals surface area contributed by atoms with Crippen molar-refractivity contribution in [3.8, 4) is 0 Å². The van der Waals surface area contributed by atoms with E-state index in [0.29, 0.717) is 6.42 Å². The van der Waals surface area contributed by atoms with Gasteiger partial charge in [0.25, 0.3) is 0 Å². The largest absolute Gasteiger partial charge is 0.350 e. The maximum Gasteiger partial charge on any atom is 0.220 e. The van der Waals surface area contributed by atoms with Gasteiger partial charge in [-0.25, -0.2) is 0 Å². The van der Waals surface area contributed by atoms with Crippen LogP contribution in [0.3, 0.4) is 0 Å². The Bertz CT molecular complexity index is 269. The summed E-state index contributed by atoms with van der Waals surface area (Å²) in [7, 11) is 0. The Hall–Kier alpha value is -1.31. The van der Waals surface area contributed by atoms with Crippen LogP contribution in [-0.4, -0.2) is 5.91 Å². The summed E-state index contributed by atoms with van der Waals surface area (Å²) >= 11 is 0. The number of amides is 1. The molecule has 0 aliphatic rings. The van der Waals surface area contributed by atoms with Crippen LogP contribution in [0.2, 0.25) is 0 Å². The van der Waals surface area contributed by atoms with Crippen molar-refractivity contribution in [2.75, 3.05) is 0 Å². The van der Waals surface area contributed by atoms with Crippen molar-refractivity contribution in [1.82, 2.24) is 5.32 Å². The average Bonchev–Trinajstić information content (AvgIpc) is 2.19. The molecule has 1 aromatic carbocycles. The van der Waals surface area contributed by atoms with Gasteiger partial charge in [0.2, 0.25) is 5.91 Å². The highest BCUT2D eigenvalue weighted by molar-refractivity contribution is 5.75. The average molecular weight is 177 g/mol. The van der Waals surface area contributed by atoms with Crippen LogP contribution in [0.15, 0.2) is 30.3 Å². The van der Waals surface area contributed by atoms with E-state index in [1.165, 1.54) is 0 Å². The van der Waals surface area contributed by atoms with E-state index in [9.17, 15) is 4.79 Å². The summed E-state index contributed by atoms with van der Waals surface area (Å²) in [6.07, 6.45) is 0.539. The quantitative estimate of drug-likeness (QED) is 0.754. The van der Waals surface area contributed by atoms with E-state index in [2.05, 4.69) is 5.32 Å². The second-order valence-electron chi connectivity index (χ2n) is 3.05. The first kappa shape index (κ1) is 9.78. The van der Waals surface area contributed by atoms with Gasteiger partial charge in [-0.05, 0) is 12.5 Å². The predicted molar refractivity (Wildman–Crippen MR) is 53.3 cm³/mol. The molecule has 70 valence electrons. The zero-order chi connectivity index (χ0) is 9.68. The second kappa shape index (κ2) is 4.65. The summed E-state index contributed by atoms with van der Waals surface area (Å²) in [5.41, 5.74) is 1.14. The number of hydrogen-bond donors (Lipinski definition) is 1. The minimum absolute atomic E-state index is 0.0938. The Labute approximate surface area is 79.0 Å². The third-order valence-corrected chi connectivity index (χ3v) is 2.00. The Morgan fingerprint density at radius 1 is 1.38 bits per heavy atom. The van der Waals surface area contributed by atoms with E-state index >= 15 is 0 Å². The zero-order valence-corrected chi connectivity index (χ0v) is 8.08. The van der Waals surface area contributed by atoms with Gasteiger partial charge in [-0.15, -0.1) is 0 Å². The molecule has 13 heavy (non-hydrogen) atoms. The van der Waals surface area contributed by atoms with Crippen molar-refractivity contribution >= 4 is 5.91 Å². The highest BCUT2D eigenvalue weighted by Crippen LogP contribution is 2.10. The van der Waals surface area contributed by atoms with E-state index in [1.54, 1.807) is 0 Å². The topological polar surface area (TPSA) is 29.1 Å². The first-order chi connectivity index (χ1) is 6.24. The van der Waals surface area contributed by atoms with Gasteiger partial charge in [0.15, 0.2) is 0 Å². The summed E-state index contributed by atoms with van der Waals surface area (Å²) in [6.45, 7) is 3.84. The molecule has 0 heterocycles. The fourth-order valence-electron chi connectivity index (χ4n) is 1.17. The first-order valence-electron chi connectivity index (χ1n) is 4.58. The minimum atomic E-state index is 0.0938. The third kappa shape index (κ3) is 2.90. The highest BCUT2D eigenvalue weighted by Gasteiger charge is 2.06. The van der Waals surface area contributed by atoms with Crippen molar-refractivity contribution in [3.05, 3.63) is 35.9 Å². The maximum absolute atomic E-state index is 11.1. The van der Waals surface area contributed by atoms with Crippen molar-refractivity contribution in [2.45, 2.75) is 26.3 Å². The van der Waals surface area contributed by atoms with E-state index in [1.807, 2.05) is 44.2 Å². The van der Waals surface area contributed by atoms with Crippen molar-refractivity contribution in [2.24, 2.45) is 0 Å². The Kier molecular flexibility index (Phi) is 3.50. The van der Waals surface area contributed by atoms with Crippen LogP contribution < -0.4 is 5.32 Å². The lowest BCUT2D eigenvalue weighted by atomic mass is 10.1. The fourth-order valence-corrected chi connectivity index (χ4v) is 1.17. The molecule has 0 aromatic heterocycles. The molecule has 0 radical (unpaired) electrons. The van der Waals surface area contributed by atoms with E-state index in [-0.39, 0.29) is 11.9 Å². The van der Waals surface area contributed by atoms with Gasteiger partial charge < -0.3 is 5.32 Å². The monoisotopic (exact) mass is 177 g/mol. The minimum Gasteiger partial charge on any atom is -0.350 e. The fraction of sp³-hybridized carbons (Fsp3) is 0.364. The SMILES string of the molecule is CCC(=O)NC(C)c1ccccc1. The Morgan fingerprint density at radius 3 is 2.54 bits per heavy atom. The van der Waals surface area contributed by atoms with Crippen molar-refractivity contribution < 1.29 is 4.79 Å². The molecule has 2 heteroatoms. The van der Waals surface area contributed by atoms with Gasteiger partial charge in [-0.3, -0.25) is 4.79 Å². The molecule has 0 aliphatic carbocycles. The smallest absolute Gasteiger partial charge is 0.220 e. The summed E-state index contributed by atoms with van der Waals surface area (Å²) in [4.78, 5) is 11.1. The lowest BCUT2D eigenvalue weighted by Gasteiger charge is -2.13. The molecule has 0 saturated heterocycles. The summed E-state index contributed by atoms with van der Waals surface area (Å²) in [6, 6.07) is 10.1. The van der Waals surface area contributed by atoms with E-state index < -0.39 is 0 Å². The molecular weight excluding hydrogens is 162 g/mol. The maximum atomic E-state index is 11.1. The molecule has 0 aliphatic heterocycles. The number of hydrogen-bond acceptors (Lipinski definition) is 1. The van der Waals surface area contributed by atoms with Gasteiger partial charge in [-0.2, -0.15) is 0 Å². The van der Waals surface area contributed by atoms with Gasteiger partial charge in [0.05, 0.1) is 6.04 Å². The number of carbonyl (C=O) groups is 1. The van der Waals surface area contributed by atoms with Gasteiger partial charge in [0.1, 0.15) is 0 Å². The Morgan fingerprint density at radius 2 is 2.00 bits per heavy atom. The summed E-state index contributed by atoms with van der Waals surface area (Å²) < 4.78 is 0. The molecule has 0 bridgehead atoms. The number of carbonyl (C=O) groups excluding carboxylic acids is 1. The molecule has 0 spiro atoms. The van der Waals surface area contributed by atoms with Crippen LogP contribution in [0.4, 0.5) is 0 Å². The molecule has 1 unspecified atom stereocenters. The number of rotatable bonds is 3. The third-order valence-electron chi connectivity index (χ3n) is 2.00. The van der Waals surface area contributed by atoms with Gasteiger partial charge in [-0.1, -0.05) is 37.3 Å². The van der Waals surface area contributed by atoms with Gasteiger partial charge in [0, 0.05) is 6.42 Å². The van der Waals surface area contributed by atoms with Crippen LogP contribution >= 0.6 is 0 Å². The lowest BCUT2D eigenvalue weighted by Crippen LogP contribution is -2.25. The Balaban J connectivity index is 2.59. The molecule has 1 amide bonds. The first-order valence-corrected chi connectivity index (χ1v) is 4.58. The lowest BCUT2D eigenvalue weighted by molar-refractivity contribution is -0.121. The standard InChI is InChI=1S/C11H15NO/c1-3-11(13)12-9(2)10-7-5-4-6-8-10/h4-9H,3H2,1-2H3,(H,12,13). The molecular formula is C11H15NO. The van der Waals surface area contributed by atoms with Gasteiger partial charge >= 0.3 is 0 Å². The van der Waals surface area contributed by atoms with Crippen LogP contribution in [-0.2, 0) is 4.79 Å². The summed E-state index contributed by atoms with van der Waals surface area (Å²) in [5.74, 6) is 0.0938. The molecule has 1 aromatic rings. The zero-order valence-electron chi connectivity index (χ0n) is 8.08. The van der Waals surface area contributed by atoms with Crippen molar-refractivity contribution in [1.29, 1.82) is 0 Å². The molecule has 2 nitrogen and oxygen atoms in total. The normalized spacial score (nSPS) is 12.2. The van der Waals surface area contributed by atoms with E-state index in [4.69, 9.17) is 0 Å².